The van der Waals surface area contributed by atoms with Gasteiger partial charge in [-0.3, -0.25) is 0 Å². The Labute approximate surface area is 158 Å². The van der Waals surface area contributed by atoms with Gasteiger partial charge in [-0.2, -0.15) is 4.31 Å². The Morgan fingerprint density at radius 2 is 1.79 bits per heavy atom. The highest BCUT2D eigenvalue weighted by atomic mass is 79.9. The van der Waals surface area contributed by atoms with Gasteiger partial charge in [-0.1, -0.05) is 36.4 Å². The highest BCUT2D eigenvalue weighted by molar-refractivity contribution is 9.10. The van der Waals surface area contributed by atoms with E-state index >= 15 is 0 Å². The molecule has 2 aromatic rings. The Kier molecular flexibility index (Phi) is 8.39. The number of hydrogen-bond acceptors (Lipinski definition) is 3. The summed E-state index contributed by atoms with van der Waals surface area (Å²) in [5, 5.41) is 0. The zero-order valence-electron chi connectivity index (χ0n) is 13.5. The lowest BCUT2D eigenvalue weighted by atomic mass is 10.2. The van der Waals surface area contributed by atoms with Crippen molar-refractivity contribution in [2.75, 3.05) is 13.1 Å². The maximum atomic E-state index is 13.0. The maximum Gasteiger partial charge on any atom is 0.244 e. The van der Waals surface area contributed by atoms with Gasteiger partial charge in [-0.15, -0.1) is 12.4 Å². The summed E-state index contributed by atoms with van der Waals surface area (Å²) in [4.78, 5) is 0.288. The van der Waals surface area contributed by atoms with Crippen LogP contribution in [0.1, 0.15) is 17.5 Å². The van der Waals surface area contributed by atoms with Crippen molar-refractivity contribution in [2.45, 2.75) is 24.8 Å². The molecule has 4 nitrogen and oxygen atoms in total. The van der Waals surface area contributed by atoms with Crippen LogP contribution in [0.3, 0.4) is 0 Å². The zero-order valence-corrected chi connectivity index (χ0v) is 16.7. The van der Waals surface area contributed by atoms with E-state index in [1.807, 2.05) is 43.3 Å². The van der Waals surface area contributed by atoms with Crippen LogP contribution < -0.4 is 5.73 Å². The second-order valence-corrected chi connectivity index (χ2v) is 8.16. The minimum atomic E-state index is -3.59. The average molecular weight is 434 g/mol. The molecule has 2 N–H and O–H groups in total. The number of nitrogens with zero attached hydrogens (tertiary/aromatic N) is 1. The molecule has 0 heterocycles. The van der Waals surface area contributed by atoms with Crippen LogP contribution in [-0.2, 0) is 16.6 Å². The summed E-state index contributed by atoms with van der Waals surface area (Å²) in [7, 11) is -3.59. The number of sulfonamides is 1. The summed E-state index contributed by atoms with van der Waals surface area (Å²) in [5.41, 5.74) is 7.53. The van der Waals surface area contributed by atoms with Crippen LogP contribution in [0.4, 0.5) is 0 Å². The Bertz CT molecular complexity index is 754. The minimum absolute atomic E-state index is 0. The van der Waals surface area contributed by atoms with Crippen molar-refractivity contribution in [1.29, 1.82) is 0 Å². The van der Waals surface area contributed by atoms with Gasteiger partial charge in [0.05, 0.1) is 4.90 Å². The minimum Gasteiger partial charge on any atom is -0.330 e. The molecule has 0 radical (unpaired) electrons. The standard InChI is InChI=1S/C17H21BrN2O2S.ClH/c1-14-8-9-17(16(18)12-14)23(21,22)20(11-5-10-19)13-15-6-3-2-4-7-15;/h2-4,6-9,12H,5,10-11,13,19H2,1H3;1H. The quantitative estimate of drug-likeness (QED) is 0.724. The predicted molar refractivity (Wildman–Crippen MR) is 104 cm³/mol. The van der Waals surface area contributed by atoms with Gasteiger partial charge in [0.2, 0.25) is 10.0 Å². The Morgan fingerprint density at radius 3 is 2.38 bits per heavy atom. The smallest absolute Gasteiger partial charge is 0.244 e. The van der Waals surface area contributed by atoms with E-state index in [9.17, 15) is 8.42 Å². The molecular formula is C17H22BrClN2O2S. The molecule has 0 spiro atoms. The summed E-state index contributed by atoms with van der Waals surface area (Å²) in [6.45, 7) is 3.12. The van der Waals surface area contributed by atoms with E-state index in [0.717, 1.165) is 11.1 Å². The third kappa shape index (κ3) is 5.29. The summed E-state index contributed by atoms with van der Waals surface area (Å²) >= 11 is 3.37. The molecule has 2 aromatic carbocycles. The third-order valence-corrected chi connectivity index (χ3v) is 6.34. The van der Waals surface area contributed by atoms with E-state index in [1.165, 1.54) is 4.31 Å². The number of benzene rings is 2. The SMILES string of the molecule is Cc1ccc(S(=O)(=O)N(CCCN)Cc2ccccc2)c(Br)c1.Cl. The van der Waals surface area contributed by atoms with Crippen LogP contribution in [0.2, 0.25) is 0 Å². The lowest BCUT2D eigenvalue weighted by Crippen LogP contribution is -2.32. The molecule has 0 amide bonds. The molecule has 0 aromatic heterocycles. The van der Waals surface area contributed by atoms with Gasteiger partial charge in [0.15, 0.2) is 0 Å². The second-order valence-electron chi connectivity index (χ2n) is 5.40. The number of nitrogens with two attached hydrogens (primary N) is 1. The summed E-state index contributed by atoms with van der Waals surface area (Å²) in [6.07, 6.45) is 0.621. The number of aryl methyl sites for hydroxylation is 1. The lowest BCUT2D eigenvalue weighted by molar-refractivity contribution is 0.401. The second kappa shape index (κ2) is 9.53. The van der Waals surface area contributed by atoms with Crippen LogP contribution in [0, 0.1) is 6.92 Å². The molecule has 0 fully saturated rings. The zero-order chi connectivity index (χ0) is 16.9. The lowest BCUT2D eigenvalue weighted by Gasteiger charge is -2.23. The number of halogens is 2. The molecule has 0 aliphatic carbocycles. The Morgan fingerprint density at radius 1 is 1.12 bits per heavy atom. The molecule has 132 valence electrons. The summed E-state index contributed by atoms with van der Waals surface area (Å²) < 4.78 is 28.1. The van der Waals surface area contributed by atoms with Crippen molar-refractivity contribution in [3.63, 3.8) is 0 Å². The molecule has 0 unspecified atom stereocenters. The first-order valence-corrected chi connectivity index (χ1v) is 9.69. The molecule has 0 atom stereocenters. The van der Waals surface area contributed by atoms with Crippen LogP contribution in [0.25, 0.3) is 0 Å². The van der Waals surface area contributed by atoms with E-state index < -0.39 is 10.0 Å². The molecule has 0 bridgehead atoms. The van der Waals surface area contributed by atoms with Crippen molar-refractivity contribution in [2.24, 2.45) is 5.73 Å². The number of rotatable bonds is 7. The predicted octanol–water partition coefficient (Wildman–Crippen LogP) is 3.72. The van der Waals surface area contributed by atoms with Crippen molar-refractivity contribution >= 4 is 38.4 Å². The van der Waals surface area contributed by atoms with E-state index in [0.29, 0.717) is 30.5 Å². The van der Waals surface area contributed by atoms with Crippen LogP contribution in [-0.4, -0.2) is 25.8 Å². The van der Waals surface area contributed by atoms with E-state index in [4.69, 9.17) is 5.73 Å². The summed E-state index contributed by atoms with van der Waals surface area (Å²) in [6, 6.07) is 14.9. The number of hydrogen-bond donors (Lipinski definition) is 1. The largest absolute Gasteiger partial charge is 0.330 e. The van der Waals surface area contributed by atoms with Crippen LogP contribution in [0.15, 0.2) is 57.9 Å². The van der Waals surface area contributed by atoms with Gasteiger partial charge in [0, 0.05) is 17.6 Å². The first-order valence-electron chi connectivity index (χ1n) is 7.45. The maximum absolute atomic E-state index is 13.0. The molecule has 7 heteroatoms. The van der Waals surface area contributed by atoms with Gasteiger partial charge < -0.3 is 5.73 Å². The van der Waals surface area contributed by atoms with Gasteiger partial charge >= 0.3 is 0 Å². The topological polar surface area (TPSA) is 63.4 Å². The van der Waals surface area contributed by atoms with Crippen molar-refractivity contribution in [3.8, 4) is 0 Å². The van der Waals surface area contributed by atoms with Crippen LogP contribution in [0.5, 0.6) is 0 Å². The third-order valence-electron chi connectivity index (χ3n) is 3.52. The van der Waals surface area contributed by atoms with E-state index in [1.54, 1.807) is 12.1 Å². The molecule has 24 heavy (non-hydrogen) atoms. The first kappa shape index (κ1) is 21.1. The average Bonchev–Trinajstić information content (AvgIpc) is 2.52. The van der Waals surface area contributed by atoms with Gasteiger partial charge in [0.1, 0.15) is 0 Å². The molecule has 2 rings (SSSR count). The molecule has 0 saturated heterocycles. The van der Waals surface area contributed by atoms with Gasteiger partial charge in [-0.25, -0.2) is 8.42 Å². The first-order chi connectivity index (χ1) is 10.9. The fourth-order valence-corrected chi connectivity index (χ4v) is 4.91. The monoisotopic (exact) mass is 432 g/mol. The fourth-order valence-electron chi connectivity index (χ4n) is 2.29. The van der Waals surface area contributed by atoms with Crippen molar-refractivity contribution in [3.05, 3.63) is 64.1 Å². The molecular weight excluding hydrogens is 412 g/mol. The summed E-state index contributed by atoms with van der Waals surface area (Å²) in [5.74, 6) is 0. The Balaban J connectivity index is 0.00000288. The van der Waals surface area contributed by atoms with Gasteiger partial charge in [-0.05, 0) is 59.1 Å². The van der Waals surface area contributed by atoms with Crippen LogP contribution >= 0.6 is 28.3 Å². The highest BCUT2D eigenvalue weighted by Gasteiger charge is 2.26. The van der Waals surface area contributed by atoms with Gasteiger partial charge in [0.25, 0.3) is 0 Å². The van der Waals surface area contributed by atoms with E-state index in [-0.39, 0.29) is 17.3 Å². The molecule has 0 aliphatic heterocycles. The Hall–Kier alpha value is -0.920. The fraction of sp³-hybridized carbons (Fsp3) is 0.294. The molecule has 0 saturated carbocycles. The normalized spacial score (nSPS) is 11.3. The van der Waals surface area contributed by atoms with Crippen molar-refractivity contribution in [1.82, 2.24) is 4.31 Å². The van der Waals surface area contributed by atoms with Crippen molar-refractivity contribution < 1.29 is 8.42 Å². The van der Waals surface area contributed by atoms with E-state index in [2.05, 4.69) is 15.9 Å². The highest BCUT2D eigenvalue weighted by Crippen LogP contribution is 2.27. The molecule has 0 aliphatic rings.